The molecule has 16 heavy (non-hydrogen) atoms. The average Bonchev–Trinajstić information content (AvgIpc) is 2.72. The van der Waals surface area contributed by atoms with Crippen LogP contribution in [-0.4, -0.2) is 28.9 Å². The molecule has 3 aliphatic heterocycles. The molecule has 0 aromatic rings. The normalized spacial score (nSPS) is 53.9. The van der Waals surface area contributed by atoms with Crippen molar-refractivity contribution >= 4 is 11.7 Å². The van der Waals surface area contributed by atoms with Gasteiger partial charge in [0.25, 0.3) is 0 Å². The van der Waals surface area contributed by atoms with Gasteiger partial charge in [0.2, 0.25) is 5.91 Å². The van der Waals surface area contributed by atoms with Crippen LogP contribution in [0, 0.1) is 11.8 Å². The van der Waals surface area contributed by atoms with Gasteiger partial charge in [0.05, 0.1) is 23.5 Å². The summed E-state index contributed by atoms with van der Waals surface area (Å²) in [5, 5.41) is 2.92. The first kappa shape index (κ1) is 10.3. The predicted molar refractivity (Wildman–Crippen MR) is 56.7 cm³/mol. The van der Waals surface area contributed by atoms with Crippen LogP contribution in [0.2, 0.25) is 0 Å². The van der Waals surface area contributed by atoms with Gasteiger partial charge < -0.3 is 10.1 Å². The summed E-state index contributed by atoms with van der Waals surface area (Å²) >= 11 is 0. The van der Waals surface area contributed by atoms with Gasteiger partial charge in [-0.2, -0.15) is 0 Å². The summed E-state index contributed by atoms with van der Waals surface area (Å²) in [4.78, 5) is 23.7. The molecule has 2 bridgehead atoms. The van der Waals surface area contributed by atoms with E-state index < -0.39 is 11.2 Å². The molecule has 3 aliphatic rings. The summed E-state index contributed by atoms with van der Waals surface area (Å²) in [6.45, 7) is 5.53. The number of fused-ring (bicyclic) bond motifs is 1. The fourth-order valence-corrected chi connectivity index (χ4v) is 4.09. The van der Waals surface area contributed by atoms with Gasteiger partial charge in [0.15, 0.2) is 0 Å². The van der Waals surface area contributed by atoms with Crippen LogP contribution in [0.5, 0.6) is 0 Å². The Bertz CT molecular complexity index is 394. The van der Waals surface area contributed by atoms with E-state index in [2.05, 4.69) is 5.32 Å². The van der Waals surface area contributed by atoms with Crippen molar-refractivity contribution in [2.24, 2.45) is 11.8 Å². The lowest BCUT2D eigenvalue weighted by Crippen LogP contribution is -2.45. The number of nitrogens with one attached hydrogen (secondary N) is 1. The number of ketones is 1. The highest BCUT2D eigenvalue weighted by atomic mass is 16.5. The van der Waals surface area contributed by atoms with Gasteiger partial charge in [-0.05, 0) is 33.6 Å². The number of carbonyl (C=O) groups excluding carboxylic acids is 2. The summed E-state index contributed by atoms with van der Waals surface area (Å²) in [6, 6.07) is 0.0242. The van der Waals surface area contributed by atoms with Crippen LogP contribution in [0.15, 0.2) is 0 Å². The van der Waals surface area contributed by atoms with Crippen LogP contribution in [-0.2, 0) is 14.3 Å². The van der Waals surface area contributed by atoms with E-state index >= 15 is 0 Å². The minimum absolute atomic E-state index is 0.00359. The molecule has 3 rings (SSSR count). The van der Waals surface area contributed by atoms with Crippen LogP contribution >= 0.6 is 0 Å². The standard InChI is InChI=1S/C12H17NO3/c1-6(14)8-9-10(15)13-7(2)12(9)5-4-11(8,3)16-12/h7-9H,4-5H2,1-3H3,(H,13,15)/t7-,8-,9+,11+,12+/m1/s1. The molecular formula is C12H17NO3. The number of Topliss-reactive ketones (excluding diaryl/α,β-unsaturated/α-hetero) is 1. The van der Waals surface area contributed by atoms with Gasteiger partial charge >= 0.3 is 0 Å². The van der Waals surface area contributed by atoms with E-state index in [1.54, 1.807) is 6.92 Å². The Balaban J connectivity index is 2.12. The van der Waals surface area contributed by atoms with Crippen molar-refractivity contribution in [3.8, 4) is 0 Å². The molecule has 0 aliphatic carbocycles. The van der Waals surface area contributed by atoms with E-state index in [0.717, 1.165) is 12.8 Å². The number of carbonyl (C=O) groups is 2. The van der Waals surface area contributed by atoms with Gasteiger partial charge in [-0.1, -0.05) is 0 Å². The molecule has 1 spiro atoms. The van der Waals surface area contributed by atoms with E-state index in [4.69, 9.17) is 4.74 Å². The third kappa shape index (κ3) is 0.902. The third-order valence-corrected chi connectivity index (χ3v) is 4.77. The number of amides is 1. The topological polar surface area (TPSA) is 55.4 Å². The van der Waals surface area contributed by atoms with Gasteiger partial charge in [0, 0.05) is 0 Å². The number of hydrogen-bond donors (Lipinski definition) is 1. The van der Waals surface area contributed by atoms with E-state index in [1.165, 1.54) is 0 Å². The maximum absolute atomic E-state index is 12.0. The first-order valence-electron chi connectivity index (χ1n) is 5.92. The second-order valence-electron chi connectivity index (χ2n) is 5.67. The van der Waals surface area contributed by atoms with Crippen molar-refractivity contribution in [2.45, 2.75) is 50.9 Å². The fraction of sp³-hybridized carbons (Fsp3) is 0.833. The molecule has 1 amide bonds. The zero-order chi connectivity index (χ0) is 11.7. The molecule has 1 N–H and O–H groups in total. The first-order chi connectivity index (χ1) is 7.41. The number of hydrogen-bond acceptors (Lipinski definition) is 3. The summed E-state index contributed by atoms with van der Waals surface area (Å²) < 4.78 is 6.12. The smallest absolute Gasteiger partial charge is 0.227 e. The highest BCUT2D eigenvalue weighted by Crippen LogP contribution is 2.61. The van der Waals surface area contributed by atoms with Crippen LogP contribution in [0.3, 0.4) is 0 Å². The highest BCUT2D eigenvalue weighted by Gasteiger charge is 2.73. The molecule has 0 saturated carbocycles. The molecule has 3 fully saturated rings. The Labute approximate surface area is 94.7 Å². The lowest BCUT2D eigenvalue weighted by Gasteiger charge is -2.31. The third-order valence-electron chi connectivity index (χ3n) is 4.77. The Morgan fingerprint density at radius 3 is 2.81 bits per heavy atom. The largest absolute Gasteiger partial charge is 0.365 e. The van der Waals surface area contributed by atoms with E-state index in [-0.39, 0.29) is 29.6 Å². The lowest BCUT2D eigenvalue weighted by atomic mass is 9.65. The van der Waals surface area contributed by atoms with Crippen LogP contribution in [0.25, 0.3) is 0 Å². The summed E-state index contributed by atoms with van der Waals surface area (Å²) in [5.41, 5.74) is -0.829. The number of ether oxygens (including phenoxy) is 1. The molecule has 0 aromatic heterocycles. The molecular weight excluding hydrogens is 206 g/mol. The van der Waals surface area contributed by atoms with Gasteiger partial charge in [0.1, 0.15) is 11.4 Å². The van der Waals surface area contributed by atoms with E-state index in [0.29, 0.717) is 0 Å². The SMILES string of the molecule is CC(=O)[C@@H]1[C@H]2C(=O)N[C@H](C)[C@@]23CC[C@]1(C)O3. The highest BCUT2D eigenvalue weighted by molar-refractivity contribution is 5.92. The van der Waals surface area contributed by atoms with Crippen molar-refractivity contribution < 1.29 is 14.3 Å². The lowest BCUT2D eigenvalue weighted by molar-refractivity contribution is -0.133. The zero-order valence-electron chi connectivity index (χ0n) is 9.87. The van der Waals surface area contributed by atoms with Gasteiger partial charge in [-0.15, -0.1) is 0 Å². The minimum atomic E-state index is -0.415. The molecule has 3 saturated heterocycles. The van der Waals surface area contributed by atoms with Crippen molar-refractivity contribution in [3.05, 3.63) is 0 Å². The van der Waals surface area contributed by atoms with Crippen molar-refractivity contribution in [2.75, 3.05) is 0 Å². The Hall–Kier alpha value is -0.900. The maximum atomic E-state index is 12.0. The molecule has 0 unspecified atom stereocenters. The Morgan fingerprint density at radius 1 is 1.50 bits per heavy atom. The Kier molecular flexibility index (Phi) is 1.71. The van der Waals surface area contributed by atoms with Gasteiger partial charge in [-0.25, -0.2) is 0 Å². The van der Waals surface area contributed by atoms with E-state index in [9.17, 15) is 9.59 Å². The quantitative estimate of drug-likeness (QED) is 0.710. The molecule has 0 aromatic carbocycles. The molecule has 5 atom stereocenters. The molecule has 88 valence electrons. The monoisotopic (exact) mass is 223 g/mol. The maximum Gasteiger partial charge on any atom is 0.227 e. The van der Waals surface area contributed by atoms with Crippen molar-refractivity contribution in [3.63, 3.8) is 0 Å². The molecule has 0 radical (unpaired) electrons. The second-order valence-corrected chi connectivity index (χ2v) is 5.67. The van der Waals surface area contributed by atoms with Crippen LogP contribution < -0.4 is 5.32 Å². The molecule has 4 heteroatoms. The fourth-order valence-electron chi connectivity index (χ4n) is 4.09. The Morgan fingerprint density at radius 2 is 2.19 bits per heavy atom. The van der Waals surface area contributed by atoms with Gasteiger partial charge in [-0.3, -0.25) is 9.59 Å². The van der Waals surface area contributed by atoms with Crippen LogP contribution in [0.1, 0.15) is 33.6 Å². The first-order valence-corrected chi connectivity index (χ1v) is 5.92. The molecule has 3 heterocycles. The van der Waals surface area contributed by atoms with Crippen LogP contribution in [0.4, 0.5) is 0 Å². The second kappa shape index (κ2) is 2.67. The minimum Gasteiger partial charge on any atom is -0.365 e. The summed E-state index contributed by atoms with van der Waals surface area (Å²) in [6.07, 6.45) is 1.77. The summed E-state index contributed by atoms with van der Waals surface area (Å²) in [5.74, 6) is -0.445. The summed E-state index contributed by atoms with van der Waals surface area (Å²) in [7, 11) is 0. The average molecular weight is 223 g/mol. The van der Waals surface area contributed by atoms with Crippen molar-refractivity contribution in [1.82, 2.24) is 5.32 Å². The van der Waals surface area contributed by atoms with Crippen molar-refractivity contribution in [1.29, 1.82) is 0 Å². The predicted octanol–water partition coefficient (Wildman–Crippen LogP) is 0.648. The number of rotatable bonds is 1. The van der Waals surface area contributed by atoms with E-state index in [1.807, 2.05) is 13.8 Å². The molecule has 4 nitrogen and oxygen atoms in total. The zero-order valence-corrected chi connectivity index (χ0v) is 9.87.